The number of nitrogens with zero attached hydrogens (tertiary/aromatic N) is 1. The first-order valence-corrected chi connectivity index (χ1v) is 5.64. The van der Waals surface area contributed by atoms with Crippen LogP contribution in [0, 0.1) is 0 Å². The molecule has 1 rings (SSSR count). The lowest BCUT2D eigenvalue weighted by Gasteiger charge is -2.21. The molecule has 0 heterocycles. The van der Waals surface area contributed by atoms with E-state index in [0.29, 0.717) is 6.61 Å². The predicted molar refractivity (Wildman–Crippen MR) is 64.9 cm³/mol. The lowest BCUT2D eigenvalue weighted by Crippen LogP contribution is -2.37. The summed E-state index contributed by atoms with van der Waals surface area (Å²) in [5.74, 6) is 0.730. The highest BCUT2D eigenvalue weighted by Gasteiger charge is 2.14. The number of hydrogen-bond donors (Lipinski definition) is 1. The van der Waals surface area contributed by atoms with Crippen molar-refractivity contribution in [2.24, 2.45) is 0 Å². The van der Waals surface area contributed by atoms with Gasteiger partial charge in [0, 0.05) is 11.5 Å². The molecule has 0 radical (unpaired) electrons. The van der Waals surface area contributed by atoms with Gasteiger partial charge in [-0.05, 0) is 31.2 Å². The van der Waals surface area contributed by atoms with E-state index in [-0.39, 0.29) is 6.04 Å². The van der Waals surface area contributed by atoms with Crippen LogP contribution in [0.5, 0.6) is 5.75 Å². The molecule has 88 valence electrons. The van der Waals surface area contributed by atoms with Crippen LogP contribution in [0.25, 0.3) is 0 Å². The average molecular weight is 288 g/mol. The summed E-state index contributed by atoms with van der Waals surface area (Å²) < 4.78 is 6.45. The number of benzene rings is 1. The van der Waals surface area contributed by atoms with Crippen molar-refractivity contribution in [3.05, 3.63) is 28.7 Å². The molecule has 1 aromatic rings. The van der Waals surface area contributed by atoms with Gasteiger partial charge in [-0.25, -0.2) is 4.79 Å². The van der Waals surface area contributed by atoms with Gasteiger partial charge in [-0.15, -0.1) is 0 Å². The number of carbonyl (C=O) groups is 1. The quantitative estimate of drug-likeness (QED) is 0.926. The summed E-state index contributed by atoms with van der Waals surface area (Å²) in [6, 6.07) is 7.23. The van der Waals surface area contributed by atoms with E-state index in [9.17, 15) is 4.79 Å². The molecule has 0 saturated heterocycles. The summed E-state index contributed by atoms with van der Waals surface area (Å²) in [7, 11) is 1.53. The molecule has 1 unspecified atom stereocenters. The second-order valence-electron chi connectivity index (χ2n) is 3.51. The molecule has 0 aliphatic rings. The van der Waals surface area contributed by atoms with Crippen LogP contribution < -0.4 is 4.74 Å². The number of halogens is 1. The SMILES string of the molecule is CC(COc1ccc(Br)cc1)N(C)C(=O)O. The number of rotatable bonds is 4. The van der Waals surface area contributed by atoms with Crippen LogP contribution in [-0.2, 0) is 0 Å². The van der Waals surface area contributed by atoms with Crippen molar-refractivity contribution in [2.45, 2.75) is 13.0 Å². The standard InChI is InChI=1S/C11H14BrNO3/c1-8(13(2)11(14)15)7-16-10-5-3-9(12)4-6-10/h3-6,8H,7H2,1-2H3,(H,14,15). The van der Waals surface area contributed by atoms with Crippen LogP contribution >= 0.6 is 15.9 Å². The third-order valence-corrected chi connectivity index (χ3v) is 2.80. The molecule has 1 N–H and O–H groups in total. The maximum absolute atomic E-state index is 10.7. The Morgan fingerprint density at radius 1 is 1.50 bits per heavy atom. The smallest absolute Gasteiger partial charge is 0.407 e. The Balaban J connectivity index is 2.45. The van der Waals surface area contributed by atoms with Gasteiger partial charge in [0.15, 0.2) is 0 Å². The third-order valence-electron chi connectivity index (χ3n) is 2.27. The van der Waals surface area contributed by atoms with Gasteiger partial charge in [-0.1, -0.05) is 15.9 Å². The third kappa shape index (κ3) is 3.73. The second-order valence-corrected chi connectivity index (χ2v) is 4.42. The van der Waals surface area contributed by atoms with Gasteiger partial charge in [0.1, 0.15) is 12.4 Å². The molecule has 0 bridgehead atoms. The molecule has 16 heavy (non-hydrogen) atoms. The van der Waals surface area contributed by atoms with Crippen LogP contribution in [0.2, 0.25) is 0 Å². The zero-order chi connectivity index (χ0) is 12.1. The molecule has 0 aliphatic carbocycles. The van der Waals surface area contributed by atoms with Crippen LogP contribution in [0.15, 0.2) is 28.7 Å². The van der Waals surface area contributed by atoms with Crippen molar-refractivity contribution in [1.29, 1.82) is 0 Å². The normalized spacial score (nSPS) is 11.9. The first-order chi connectivity index (χ1) is 7.50. The summed E-state index contributed by atoms with van der Waals surface area (Å²) in [5, 5.41) is 8.75. The highest BCUT2D eigenvalue weighted by Crippen LogP contribution is 2.16. The lowest BCUT2D eigenvalue weighted by molar-refractivity contribution is 0.124. The number of ether oxygens (including phenoxy) is 1. The number of likely N-dealkylation sites (N-methyl/N-ethyl adjacent to an activating group) is 1. The molecule has 0 aliphatic heterocycles. The average Bonchev–Trinajstić information content (AvgIpc) is 2.26. The van der Waals surface area contributed by atoms with E-state index in [4.69, 9.17) is 9.84 Å². The van der Waals surface area contributed by atoms with E-state index in [1.807, 2.05) is 24.3 Å². The van der Waals surface area contributed by atoms with Crippen molar-refractivity contribution < 1.29 is 14.6 Å². The minimum atomic E-state index is -0.952. The van der Waals surface area contributed by atoms with E-state index >= 15 is 0 Å². The van der Waals surface area contributed by atoms with Crippen molar-refractivity contribution in [3.8, 4) is 5.75 Å². The van der Waals surface area contributed by atoms with Gasteiger partial charge in [-0.3, -0.25) is 0 Å². The lowest BCUT2D eigenvalue weighted by atomic mass is 10.3. The highest BCUT2D eigenvalue weighted by atomic mass is 79.9. The van der Waals surface area contributed by atoms with Crippen molar-refractivity contribution in [3.63, 3.8) is 0 Å². The second kappa shape index (κ2) is 5.75. The predicted octanol–water partition coefficient (Wildman–Crippen LogP) is 2.83. The molecule has 1 atom stereocenters. The van der Waals surface area contributed by atoms with Crippen LogP contribution in [0.3, 0.4) is 0 Å². The topological polar surface area (TPSA) is 49.8 Å². The first kappa shape index (κ1) is 12.8. The fourth-order valence-corrected chi connectivity index (χ4v) is 1.31. The maximum Gasteiger partial charge on any atom is 0.407 e. The number of carboxylic acid groups (broad SMARTS) is 1. The first-order valence-electron chi connectivity index (χ1n) is 4.85. The van der Waals surface area contributed by atoms with Gasteiger partial charge >= 0.3 is 6.09 Å². The minimum Gasteiger partial charge on any atom is -0.491 e. The molecular formula is C11H14BrNO3. The van der Waals surface area contributed by atoms with Gasteiger partial charge in [0.2, 0.25) is 0 Å². The Morgan fingerprint density at radius 2 is 2.06 bits per heavy atom. The van der Waals surface area contributed by atoms with Gasteiger partial charge in [0.25, 0.3) is 0 Å². The zero-order valence-electron chi connectivity index (χ0n) is 9.18. The molecule has 4 nitrogen and oxygen atoms in total. The summed E-state index contributed by atoms with van der Waals surface area (Å²) in [5.41, 5.74) is 0. The maximum atomic E-state index is 10.7. The molecular weight excluding hydrogens is 274 g/mol. The van der Waals surface area contributed by atoms with Gasteiger partial charge in [-0.2, -0.15) is 0 Å². The molecule has 0 spiro atoms. The Hall–Kier alpha value is -1.23. The van der Waals surface area contributed by atoms with E-state index in [1.54, 1.807) is 6.92 Å². The molecule has 0 saturated carbocycles. The molecule has 0 fully saturated rings. The van der Waals surface area contributed by atoms with Gasteiger partial charge < -0.3 is 14.7 Å². The van der Waals surface area contributed by atoms with E-state index < -0.39 is 6.09 Å². The van der Waals surface area contributed by atoms with Crippen LogP contribution in [0.1, 0.15) is 6.92 Å². The minimum absolute atomic E-state index is 0.179. The number of hydrogen-bond acceptors (Lipinski definition) is 2. The summed E-state index contributed by atoms with van der Waals surface area (Å²) in [6.07, 6.45) is -0.952. The Bertz CT molecular complexity index is 353. The molecule has 0 aromatic heterocycles. The Kier molecular flexibility index (Phi) is 4.61. The molecule has 1 amide bonds. The molecule has 1 aromatic carbocycles. The summed E-state index contributed by atoms with van der Waals surface area (Å²) in [6.45, 7) is 2.14. The monoisotopic (exact) mass is 287 g/mol. The fourth-order valence-electron chi connectivity index (χ4n) is 1.05. The Labute approximate surface area is 103 Å². The zero-order valence-corrected chi connectivity index (χ0v) is 10.8. The van der Waals surface area contributed by atoms with Crippen LogP contribution in [0.4, 0.5) is 4.79 Å². The molecule has 5 heteroatoms. The van der Waals surface area contributed by atoms with E-state index in [0.717, 1.165) is 10.2 Å². The van der Waals surface area contributed by atoms with E-state index in [2.05, 4.69) is 15.9 Å². The highest BCUT2D eigenvalue weighted by molar-refractivity contribution is 9.10. The Morgan fingerprint density at radius 3 is 2.56 bits per heavy atom. The van der Waals surface area contributed by atoms with E-state index in [1.165, 1.54) is 11.9 Å². The number of amides is 1. The van der Waals surface area contributed by atoms with Crippen LogP contribution in [-0.4, -0.2) is 35.8 Å². The van der Waals surface area contributed by atoms with Crippen molar-refractivity contribution in [2.75, 3.05) is 13.7 Å². The summed E-state index contributed by atoms with van der Waals surface area (Å²) in [4.78, 5) is 11.9. The fraction of sp³-hybridized carbons (Fsp3) is 0.364. The van der Waals surface area contributed by atoms with Crippen molar-refractivity contribution in [1.82, 2.24) is 4.90 Å². The largest absolute Gasteiger partial charge is 0.491 e. The van der Waals surface area contributed by atoms with Crippen molar-refractivity contribution >= 4 is 22.0 Å². The van der Waals surface area contributed by atoms with Gasteiger partial charge in [0.05, 0.1) is 6.04 Å². The summed E-state index contributed by atoms with van der Waals surface area (Å²) >= 11 is 3.33.